The minimum atomic E-state index is -0.360. The van der Waals surface area contributed by atoms with E-state index in [1.807, 2.05) is 95.5 Å². The molecule has 0 aliphatic carbocycles. The van der Waals surface area contributed by atoms with Gasteiger partial charge in [-0.05, 0) is 73.0 Å². The number of hydrogen-bond donors (Lipinski definition) is 1. The Morgan fingerprint density at radius 3 is 2.54 bits per heavy atom. The van der Waals surface area contributed by atoms with Crippen molar-refractivity contribution in [3.8, 4) is 17.3 Å². The quantitative estimate of drug-likeness (QED) is 0.283. The first-order valence-electron chi connectivity index (χ1n) is 13.2. The van der Waals surface area contributed by atoms with Gasteiger partial charge in [0.05, 0.1) is 36.8 Å². The van der Waals surface area contributed by atoms with Crippen molar-refractivity contribution in [2.24, 2.45) is 0 Å². The summed E-state index contributed by atoms with van der Waals surface area (Å²) in [5.74, 6) is 1.68. The van der Waals surface area contributed by atoms with Crippen LogP contribution in [0.15, 0.2) is 97.2 Å². The molecule has 0 spiro atoms. The van der Waals surface area contributed by atoms with Gasteiger partial charge in [0.1, 0.15) is 11.6 Å². The second-order valence-corrected chi connectivity index (χ2v) is 9.73. The van der Waals surface area contributed by atoms with E-state index in [-0.39, 0.29) is 12.1 Å². The van der Waals surface area contributed by atoms with Crippen molar-refractivity contribution < 1.29 is 9.53 Å². The van der Waals surface area contributed by atoms with Crippen LogP contribution < -0.4 is 10.1 Å². The van der Waals surface area contributed by atoms with Gasteiger partial charge in [-0.2, -0.15) is 5.10 Å². The number of carbonyl (C=O) groups is 1. The number of urea groups is 1. The molecule has 1 aliphatic heterocycles. The molecule has 1 N–H and O–H groups in total. The number of fused-ring (bicyclic) bond motifs is 3. The van der Waals surface area contributed by atoms with Crippen LogP contribution in [0.3, 0.4) is 0 Å². The highest BCUT2D eigenvalue weighted by molar-refractivity contribution is 5.90. The third kappa shape index (κ3) is 4.46. The summed E-state index contributed by atoms with van der Waals surface area (Å²) in [6.45, 7) is 4.51. The van der Waals surface area contributed by atoms with E-state index in [0.717, 1.165) is 51.9 Å². The second kappa shape index (κ2) is 10.2. The molecule has 2 amide bonds. The van der Waals surface area contributed by atoms with E-state index in [9.17, 15) is 4.79 Å². The van der Waals surface area contributed by atoms with Gasteiger partial charge in [-0.25, -0.2) is 9.48 Å². The predicted octanol–water partition coefficient (Wildman–Crippen LogP) is 6.68. The Bertz CT molecular complexity index is 1620. The molecule has 0 saturated heterocycles. The van der Waals surface area contributed by atoms with Crippen LogP contribution in [-0.4, -0.2) is 32.4 Å². The number of para-hydroxylation sites is 1. The molecule has 39 heavy (non-hydrogen) atoms. The Labute approximate surface area is 228 Å². The van der Waals surface area contributed by atoms with E-state index in [2.05, 4.69) is 35.0 Å². The average Bonchev–Trinajstić information content (AvgIpc) is 3.54. The van der Waals surface area contributed by atoms with Crippen LogP contribution in [0.1, 0.15) is 41.0 Å². The molecule has 3 aromatic carbocycles. The molecular weight excluding hydrogens is 486 g/mol. The normalized spacial score (nSPS) is 14.3. The molecule has 2 aromatic heterocycles. The molecule has 0 unspecified atom stereocenters. The highest BCUT2D eigenvalue weighted by Crippen LogP contribution is 2.39. The van der Waals surface area contributed by atoms with E-state index in [0.29, 0.717) is 6.54 Å². The Hall–Kier alpha value is -4.78. The fourth-order valence-corrected chi connectivity index (χ4v) is 5.33. The Morgan fingerprint density at radius 1 is 1.00 bits per heavy atom. The van der Waals surface area contributed by atoms with E-state index in [1.165, 1.54) is 5.56 Å². The number of rotatable bonds is 5. The zero-order chi connectivity index (χ0) is 26.9. The van der Waals surface area contributed by atoms with Crippen LogP contribution >= 0.6 is 0 Å². The summed E-state index contributed by atoms with van der Waals surface area (Å²) in [6.07, 6.45) is 3.00. The molecule has 3 heterocycles. The van der Waals surface area contributed by atoms with Crippen molar-refractivity contribution in [1.29, 1.82) is 0 Å². The zero-order valence-electron chi connectivity index (χ0n) is 22.3. The third-order valence-electron chi connectivity index (χ3n) is 7.37. The van der Waals surface area contributed by atoms with Crippen LogP contribution in [0.2, 0.25) is 0 Å². The predicted molar refractivity (Wildman–Crippen MR) is 153 cm³/mol. The number of carbonyl (C=O) groups excluding carboxylic acids is 1. The summed E-state index contributed by atoms with van der Waals surface area (Å²) in [5.41, 5.74) is 6.77. The van der Waals surface area contributed by atoms with Crippen LogP contribution in [0, 0.1) is 6.92 Å². The fraction of sp³-hybridized carbons (Fsp3) is 0.188. The molecule has 196 valence electrons. The minimum absolute atomic E-state index is 0.181. The molecule has 7 nitrogen and oxygen atoms in total. The average molecular weight is 518 g/mol. The highest BCUT2D eigenvalue weighted by Gasteiger charge is 2.36. The summed E-state index contributed by atoms with van der Waals surface area (Å²) in [7, 11) is 1.66. The van der Waals surface area contributed by atoms with Crippen molar-refractivity contribution in [2.45, 2.75) is 32.9 Å². The van der Waals surface area contributed by atoms with E-state index in [4.69, 9.17) is 9.84 Å². The third-order valence-corrected chi connectivity index (χ3v) is 7.37. The van der Waals surface area contributed by atoms with Gasteiger partial charge < -0.3 is 19.5 Å². The first-order chi connectivity index (χ1) is 19.1. The van der Waals surface area contributed by atoms with Crippen LogP contribution in [-0.2, 0) is 13.0 Å². The van der Waals surface area contributed by atoms with Crippen molar-refractivity contribution in [2.75, 3.05) is 12.4 Å². The number of aryl methyl sites for hydroxylation is 2. The summed E-state index contributed by atoms with van der Waals surface area (Å²) in [6, 6.07) is 29.6. The van der Waals surface area contributed by atoms with Crippen LogP contribution in [0.25, 0.3) is 11.5 Å². The van der Waals surface area contributed by atoms with Gasteiger partial charge in [-0.15, -0.1) is 0 Å². The maximum Gasteiger partial charge on any atom is 0.322 e. The number of benzene rings is 3. The number of nitrogens with zero attached hydrogens (tertiary/aromatic N) is 4. The van der Waals surface area contributed by atoms with Crippen LogP contribution in [0.4, 0.5) is 10.5 Å². The van der Waals surface area contributed by atoms with Gasteiger partial charge in [0.25, 0.3) is 0 Å². The molecular formula is C32H31N5O2. The molecule has 7 heteroatoms. The number of anilines is 1. The van der Waals surface area contributed by atoms with Gasteiger partial charge in [-0.3, -0.25) is 0 Å². The second-order valence-electron chi connectivity index (χ2n) is 9.73. The van der Waals surface area contributed by atoms with Gasteiger partial charge in [0.2, 0.25) is 0 Å². The number of nitrogens with one attached hydrogen (secondary N) is 1. The molecule has 0 fully saturated rings. The number of hydrogen-bond acceptors (Lipinski definition) is 3. The fourth-order valence-electron chi connectivity index (χ4n) is 5.33. The van der Waals surface area contributed by atoms with Crippen LogP contribution in [0.5, 0.6) is 5.75 Å². The summed E-state index contributed by atoms with van der Waals surface area (Å²) in [5, 5.41) is 8.07. The number of amides is 2. The Kier molecular flexibility index (Phi) is 6.40. The Morgan fingerprint density at radius 2 is 1.79 bits per heavy atom. The van der Waals surface area contributed by atoms with Gasteiger partial charge in [-0.1, -0.05) is 49.4 Å². The van der Waals surface area contributed by atoms with E-state index >= 15 is 0 Å². The summed E-state index contributed by atoms with van der Waals surface area (Å²) < 4.78 is 9.70. The molecule has 0 radical (unpaired) electrons. The van der Waals surface area contributed by atoms with Gasteiger partial charge >= 0.3 is 6.03 Å². The lowest BCUT2D eigenvalue weighted by atomic mass is 10.0. The monoisotopic (exact) mass is 517 g/mol. The maximum absolute atomic E-state index is 14.1. The lowest BCUT2D eigenvalue weighted by Crippen LogP contribution is -2.38. The smallest absolute Gasteiger partial charge is 0.322 e. The molecule has 0 saturated carbocycles. The zero-order valence-corrected chi connectivity index (χ0v) is 22.3. The summed E-state index contributed by atoms with van der Waals surface area (Å²) in [4.78, 5) is 16.0. The molecule has 1 aliphatic rings. The standard InChI is InChI=1S/C32H31N5O2/c1-4-23-15-17-25(18-16-23)33-32(38)36-21-28-22(2)34-37(26-11-6-5-7-12-26)31(28)35-19-9-14-29(35)30(36)24-10-8-13-27(20-24)39-3/h5-20,30H,4,21H2,1-3H3,(H,33,38)/t30-/m1/s1. The first-order valence-corrected chi connectivity index (χ1v) is 13.2. The van der Waals surface area contributed by atoms with Crippen molar-refractivity contribution in [3.05, 3.63) is 125 Å². The highest BCUT2D eigenvalue weighted by atomic mass is 16.5. The van der Waals surface area contributed by atoms with Crippen molar-refractivity contribution in [3.63, 3.8) is 0 Å². The lowest BCUT2D eigenvalue weighted by molar-refractivity contribution is 0.194. The maximum atomic E-state index is 14.1. The summed E-state index contributed by atoms with van der Waals surface area (Å²) >= 11 is 0. The molecule has 0 bridgehead atoms. The van der Waals surface area contributed by atoms with Gasteiger partial charge in [0, 0.05) is 17.4 Å². The first kappa shape index (κ1) is 24.6. The molecule has 1 atom stereocenters. The number of ether oxygens (including phenoxy) is 1. The number of aromatic nitrogens is 3. The molecule has 5 aromatic rings. The largest absolute Gasteiger partial charge is 0.497 e. The number of methoxy groups -OCH3 is 1. The van der Waals surface area contributed by atoms with E-state index in [1.54, 1.807) is 7.11 Å². The van der Waals surface area contributed by atoms with E-state index < -0.39 is 0 Å². The molecule has 6 rings (SSSR count). The minimum Gasteiger partial charge on any atom is -0.497 e. The van der Waals surface area contributed by atoms with Crippen molar-refractivity contribution >= 4 is 11.7 Å². The lowest BCUT2D eigenvalue weighted by Gasteiger charge is -2.31. The Balaban J connectivity index is 1.51. The topological polar surface area (TPSA) is 64.3 Å². The SMILES string of the molecule is CCc1ccc(NC(=O)N2Cc3c(C)nn(-c4ccccc4)c3-n3cccc3[C@H]2c2cccc(OC)c2)cc1. The van der Waals surface area contributed by atoms with Gasteiger partial charge in [0.15, 0.2) is 0 Å². The van der Waals surface area contributed by atoms with Crippen molar-refractivity contribution in [1.82, 2.24) is 19.2 Å².